The van der Waals surface area contributed by atoms with Gasteiger partial charge in [-0.25, -0.2) is 4.79 Å². The third kappa shape index (κ3) is 4.59. The lowest BCUT2D eigenvalue weighted by Crippen LogP contribution is -2.70. The van der Waals surface area contributed by atoms with Crippen molar-refractivity contribution in [1.82, 2.24) is 10.2 Å². The minimum Gasteiger partial charge on any atom is -0.461 e. The fourth-order valence-corrected chi connectivity index (χ4v) is 5.39. The molecule has 1 saturated heterocycles. The van der Waals surface area contributed by atoms with Gasteiger partial charge in [0.15, 0.2) is 0 Å². The number of carbonyl (C=O) groups excluding carboxylic acids is 3. The number of rotatable bonds is 6. The van der Waals surface area contributed by atoms with Gasteiger partial charge in [-0.2, -0.15) is 0 Å². The molecule has 1 aromatic heterocycles. The Morgan fingerprint density at radius 2 is 2.10 bits per heavy atom. The number of hydrogen-bond acceptors (Lipinski definition) is 8. The molecule has 3 heterocycles. The number of nitrogens with zero attached hydrogens (tertiary/aromatic N) is 1. The molecule has 0 aliphatic carbocycles. The van der Waals surface area contributed by atoms with Crippen molar-refractivity contribution < 1.29 is 33.8 Å². The second kappa shape index (κ2) is 9.29. The topological polar surface area (TPSA) is 122 Å². The zero-order valence-electron chi connectivity index (χ0n) is 15.2. The molecule has 0 radical (unpaired) electrons. The van der Waals surface area contributed by atoms with Gasteiger partial charge in [-0.05, 0) is 11.4 Å². The predicted molar refractivity (Wildman–Crippen MR) is 111 cm³/mol. The molecule has 9 nitrogen and oxygen atoms in total. The van der Waals surface area contributed by atoms with Crippen LogP contribution in [-0.4, -0.2) is 57.7 Å². The first-order valence-corrected chi connectivity index (χ1v) is 11.0. The molecule has 2 atom stereocenters. The van der Waals surface area contributed by atoms with Crippen LogP contribution in [0.3, 0.4) is 0 Å². The summed E-state index contributed by atoms with van der Waals surface area (Å²) in [6, 6.07) is 2.45. The van der Waals surface area contributed by atoms with Crippen LogP contribution in [0.5, 0.6) is 0 Å². The van der Waals surface area contributed by atoms with E-state index in [1.807, 2.05) is 0 Å². The van der Waals surface area contributed by atoms with Gasteiger partial charge in [0.25, 0.3) is 11.8 Å². The van der Waals surface area contributed by atoms with Gasteiger partial charge in [0.05, 0.1) is 5.57 Å². The van der Waals surface area contributed by atoms with Crippen LogP contribution in [0, 0.1) is 0 Å². The monoisotopic (exact) mass is 492 g/mol. The minimum absolute atomic E-state index is 0.0356. The lowest BCUT2D eigenvalue weighted by molar-refractivity contribution is -0.148. The number of halogens is 2. The van der Waals surface area contributed by atoms with Crippen LogP contribution in [0.2, 0.25) is 0 Å². The maximum absolute atomic E-state index is 12.7. The zero-order chi connectivity index (χ0) is 22.0. The maximum atomic E-state index is 12.7. The Kier molecular flexibility index (Phi) is 6.96. The van der Waals surface area contributed by atoms with Crippen LogP contribution < -0.4 is 5.32 Å². The Morgan fingerprint density at radius 1 is 1.37 bits per heavy atom. The first-order valence-electron chi connectivity index (χ1n) is 8.31. The van der Waals surface area contributed by atoms with Gasteiger partial charge in [-0.1, -0.05) is 29.3 Å². The van der Waals surface area contributed by atoms with Crippen molar-refractivity contribution in [3.05, 3.63) is 38.3 Å². The molecule has 0 saturated carbocycles. The molecule has 3 rings (SSSR count). The number of fused-ring (bicyclic) bond motifs is 1. The molecule has 160 valence electrons. The highest BCUT2D eigenvalue weighted by Crippen LogP contribution is 2.41. The van der Waals surface area contributed by atoms with E-state index in [1.165, 1.54) is 30.0 Å². The Bertz CT molecular complexity index is 957. The summed E-state index contributed by atoms with van der Waals surface area (Å²) in [6.45, 7) is 0.990. The van der Waals surface area contributed by atoms with E-state index in [-0.39, 0.29) is 28.3 Å². The van der Waals surface area contributed by atoms with Gasteiger partial charge in [0, 0.05) is 23.1 Å². The van der Waals surface area contributed by atoms with Gasteiger partial charge >= 0.3 is 12.1 Å². The van der Waals surface area contributed by atoms with Crippen LogP contribution >= 0.6 is 46.3 Å². The zero-order valence-corrected chi connectivity index (χ0v) is 18.4. The molecule has 13 heteroatoms. The normalized spacial score (nSPS) is 20.1. The number of nitrogens with one attached hydrogen (secondary N) is 1. The summed E-state index contributed by atoms with van der Waals surface area (Å²) in [5.74, 6) is -1.75. The molecule has 0 aromatic carbocycles. The largest absolute Gasteiger partial charge is 0.512 e. The van der Waals surface area contributed by atoms with Crippen LogP contribution in [-0.2, 0) is 23.9 Å². The van der Waals surface area contributed by atoms with E-state index in [0.29, 0.717) is 10.5 Å². The van der Waals surface area contributed by atoms with Crippen LogP contribution in [0.25, 0.3) is 5.57 Å². The van der Waals surface area contributed by atoms with Gasteiger partial charge in [-0.3, -0.25) is 19.3 Å². The average Bonchev–Trinajstić information content (AvgIpc) is 3.17. The van der Waals surface area contributed by atoms with E-state index in [1.54, 1.807) is 17.5 Å². The van der Waals surface area contributed by atoms with Crippen molar-refractivity contribution in [2.24, 2.45) is 0 Å². The van der Waals surface area contributed by atoms with E-state index in [4.69, 9.17) is 37.8 Å². The number of thiophene rings is 1. The van der Waals surface area contributed by atoms with E-state index < -0.39 is 35.4 Å². The minimum atomic E-state index is -1.62. The number of esters is 1. The maximum Gasteiger partial charge on any atom is 0.512 e. The number of β-lactam (4-membered cyclic amide) rings is 1. The quantitative estimate of drug-likeness (QED) is 0.353. The van der Waals surface area contributed by atoms with Crippen LogP contribution in [0.15, 0.2) is 33.5 Å². The second-order valence-electron chi connectivity index (χ2n) is 6.03. The number of thioether (sulfide) groups is 1. The number of carbonyl (C=O) groups is 4. The third-order valence-corrected chi connectivity index (χ3v) is 6.70. The summed E-state index contributed by atoms with van der Waals surface area (Å²) < 4.78 is 9.43. The van der Waals surface area contributed by atoms with Crippen molar-refractivity contribution >= 4 is 75.8 Å². The molecule has 2 N–H and O–H groups in total. The Morgan fingerprint density at radius 3 is 2.67 bits per heavy atom. The van der Waals surface area contributed by atoms with Crippen molar-refractivity contribution in [2.75, 3.05) is 12.4 Å². The van der Waals surface area contributed by atoms with Crippen molar-refractivity contribution in [3.63, 3.8) is 0 Å². The van der Waals surface area contributed by atoms with E-state index >= 15 is 0 Å². The smallest absolute Gasteiger partial charge is 0.461 e. The molecule has 0 bridgehead atoms. The average molecular weight is 493 g/mol. The van der Waals surface area contributed by atoms with Gasteiger partial charge in [-0.15, -0.1) is 23.1 Å². The number of ether oxygens (including phenoxy) is 2. The van der Waals surface area contributed by atoms with Crippen molar-refractivity contribution in [3.8, 4) is 0 Å². The lowest BCUT2D eigenvalue weighted by Gasteiger charge is -2.49. The van der Waals surface area contributed by atoms with Crippen molar-refractivity contribution in [2.45, 2.75) is 18.3 Å². The molecule has 1 unspecified atom stereocenters. The predicted octanol–water partition coefficient (Wildman–Crippen LogP) is 2.76. The fourth-order valence-electron chi connectivity index (χ4n) is 2.82. The second-order valence-corrected chi connectivity index (χ2v) is 9.03. The van der Waals surface area contributed by atoms with Gasteiger partial charge < -0.3 is 19.9 Å². The van der Waals surface area contributed by atoms with Crippen LogP contribution in [0.1, 0.15) is 11.8 Å². The summed E-state index contributed by atoms with van der Waals surface area (Å²) in [4.78, 5) is 49.2. The molecule has 2 aliphatic rings. The molecule has 30 heavy (non-hydrogen) atoms. The fraction of sp³-hybridized carbons (Fsp3) is 0.294. The Labute approximate surface area is 188 Å². The summed E-state index contributed by atoms with van der Waals surface area (Å²) >= 11 is 14.2. The molecule has 2 amide bonds. The summed E-state index contributed by atoms with van der Waals surface area (Å²) in [5, 5.41) is 12.8. The highest BCUT2D eigenvalue weighted by molar-refractivity contribution is 8.00. The first kappa shape index (κ1) is 22.5. The molecule has 2 aliphatic heterocycles. The number of carboxylic acid groups (broad SMARTS) is 1. The van der Waals surface area contributed by atoms with E-state index in [0.717, 1.165) is 4.90 Å². The Hall–Kier alpha value is -2.21. The lowest BCUT2D eigenvalue weighted by atomic mass is 10.1. The van der Waals surface area contributed by atoms with Gasteiger partial charge in [0.1, 0.15) is 22.5 Å². The summed E-state index contributed by atoms with van der Waals surface area (Å²) in [7, 11) is 0. The SMILES string of the molecule is CC(=O)OCC1=C(OC(=O)O)N2C(=O)C(NC(=O)C(=C(Cl)Cl)c3cccs3)[C@@H]2SC1. The number of hydrogen-bond donors (Lipinski definition) is 2. The highest BCUT2D eigenvalue weighted by Gasteiger charge is 2.54. The molecular formula is C17H14Cl2N2O7S2. The van der Waals surface area contributed by atoms with Gasteiger partial charge in [0.2, 0.25) is 5.88 Å². The molecular weight excluding hydrogens is 479 g/mol. The molecule has 1 aromatic rings. The highest BCUT2D eigenvalue weighted by atomic mass is 35.5. The molecule has 1 fully saturated rings. The van der Waals surface area contributed by atoms with Crippen LogP contribution in [0.4, 0.5) is 4.79 Å². The van der Waals surface area contributed by atoms with E-state index in [9.17, 15) is 19.2 Å². The van der Waals surface area contributed by atoms with Crippen molar-refractivity contribution in [1.29, 1.82) is 0 Å². The first-order chi connectivity index (χ1) is 14.2. The standard InChI is InChI=1S/C17H14Cl2N2O7S2/c1-7(22)27-5-8-6-30-16-11(14(24)21(16)15(8)28-17(25)26)20-13(23)10(12(18)19)9-3-2-4-29-9/h2-4,11,16H,5-6H2,1H3,(H,20,23)(H,25,26)/t11?,16-/m0/s1. The molecule has 0 spiro atoms. The van der Waals surface area contributed by atoms with E-state index in [2.05, 4.69) is 5.32 Å². The summed E-state index contributed by atoms with van der Waals surface area (Å²) in [5.41, 5.74) is 0.364. The Balaban J connectivity index is 1.79. The third-order valence-electron chi connectivity index (χ3n) is 4.10. The summed E-state index contributed by atoms with van der Waals surface area (Å²) in [6.07, 6.45) is -1.62. The number of amides is 2.